The van der Waals surface area contributed by atoms with Gasteiger partial charge in [0.1, 0.15) is 11.5 Å². The molecule has 0 amide bonds. The first kappa shape index (κ1) is 17.7. The second kappa shape index (κ2) is 6.10. The summed E-state index contributed by atoms with van der Waals surface area (Å²) in [6, 6.07) is 6.92. The summed E-state index contributed by atoms with van der Waals surface area (Å²) in [6.45, 7) is 0. The Kier molecular flexibility index (Phi) is 4.50. The number of phenolic OH excluding ortho intramolecular Hbond substituents is 2. The van der Waals surface area contributed by atoms with Gasteiger partial charge in [-0.3, -0.25) is 0 Å². The maximum atomic E-state index is 13.4. The molecule has 0 fully saturated rings. The summed E-state index contributed by atoms with van der Waals surface area (Å²) in [4.78, 5) is 0. The molecule has 2 N–H and O–H groups in total. The minimum absolute atomic E-state index is 0.595. The highest BCUT2D eigenvalue weighted by Crippen LogP contribution is 2.47. The van der Waals surface area contributed by atoms with Crippen molar-refractivity contribution in [3.8, 4) is 11.5 Å². The molecule has 24 heavy (non-hydrogen) atoms. The SMILES string of the molecule is Oc1cccc(/C(=C(/c2cccc(O)c2)C(F)(F)F)C(F)(F)F)c1. The van der Waals surface area contributed by atoms with Crippen LogP contribution in [0.5, 0.6) is 11.5 Å². The largest absolute Gasteiger partial charge is 0.508 e. The van der Waals surface area contributed by atoms with E-state index in [4.69, 9.17) is 0 Å². The van der Waals surface area contributed by atoms with E-state index in [1.54, 1.807) is 0 Å². The molecule has 0 aliphatic rings. The van der Waals surface area contributed by atoms with E-state index in [1.165, 1.54) is 0 Å². The molecule has 2 nitrogen and oxygen atoms in total. The quantitative estimate of drug-likeness (QED) is 0.583. The molecule has 0 bridgehead atoms. The van der Waals surface area contributed by atoms with Crippen molar-refractivity contribution in [1.29, 1.82) is 0 Å². The van der Waals surface area contributed by atoms with Crippen molar-refractivity contribution in [2.45, 2.75) is 12.4 Å². The van der Waals surface area contributed by atoms with Crippen molar-refractivity contribution >= 4 is 11.1 Å². The van der Waals surface area contributed by atoms with E-state index in [9.17, 15) is 36.6 Å². The van der Waals surface area contributed by atoms with E-state index in [0.29, 0.717) is 12.1 Å². The third-order valence-corrected chi connectivity index (χ3v) is 3.09. The first-order valence-corrected chi connectivity index (χ1v) is 6.47. The summed E-state index contributed by atoms with van der Waals surface area (Å²) >= 11 is 0. The fourth-order valence-corrected chi connectivity index (χ4v) is 2.22. The first-order chi connectivity index (χ1) is 11.0. The summed E-state index contributed by atoms with van der Waals surface area (Å²) in [5.41, 5.74) is -5.57. The van der Waals surface area contributed by atoms with Gasteiger partial charge in [-0.05, 0) is 35.4 Å². The van der Waals surface area contributed by atoms with Crippen LogP contribution in [-0.2, 0) is 0 Å². The summed E-state index contributed by atoms with van der Waals surface area (Å²) in [7, 11) is 0. The fraction of sp³-hybridized carbons (Fsp3) is 0.125. The summed E-state index contributed by atoms with van der Waals surface area (Å²) < 4.78 is 80.4. The maximum Gasteiger partial charge on any atom is 0.417 e. The van der Waals surface area contributed by atoms with Gasteiger partial charge in [-0.1, -0.05) is 24.3 Å². The number of hydrogen-bond acceptors (Lipinski definition) is 2. The lowest BCUT2D eigenvalue weighted by Crippen LogP contribution is -2.20. The average molecular weight is 348 g/mol. The molecule has 0 spiro atoms. The van der Waals surface area contributed by atoms with Crippen LogP contribution in [0.2, 0.25) is 0 Å². The molecule has 2 rings (SSSR count). The lowest BCUT2D eigenvalue weighted by Gasteiger charge is -2.21. The van der Waals surface area contributed by atoms with E-state index in [0.717, 1.165) is 36.4 Å². The minimum Gasteiger partial charge on any atom is -0.508 e. The molecular weight excluding hydrogens is 338 g/mol. The molecule has 0 unspecified atom stereocenters. The van der Waals surface area contributed by atoms with Crippen LogP contribution in [0, 0.1) is 0 Å². The first-order valence-electron chi connectivity index (χ1n) is 6.47. The van der Waals surface area contributed by atoms with Gasteiger partial charge in [-0.15, -0.1) is 0 Å². The van der Waals surface area contributed by atoms with E-state index in [1.807, 2.05) is 0 Å². The smallest absolute Gasteiger partial charge is 0.417 e. The third-order valence-electron chi connectivity index (χ3n) is 3.09. The zero-order chi connectivity index (χ0) is 18.1. The van der Waals surface area contributed by atoms with Crippen molar-refractivity contribution in [2.24, 2.45) is 0 Å². The Hall–Kier alpha value is -2.64. The van der Waals surface area contributed by atoms with Gasteiger partial charge in [-0.2, -0.15) is 26.3 Å². The molecule has 8 heteroatoms. The summed E-state index contributed by atoms with van der Waals surface area (Å²) in [5.74, 6) is -1.21. The number of hydrogen-bond donors (Lipinski definition) is 2. The number of benzene rings is 2. The molecule has 2 aromatic rings. The van der Waals surface area contributed by atoms with Crippen molar-refractivity contribution in [2.75, 3.05) is 0 Å². The standard InChI is InChI=1S/C16H10F6O2/c17-15(18,19)13(9-3-1-5-11(23)7-9)14(16(20,21)22)10-4-2-6-12(24)8-10/h1-8,23-24H/b14-13+. The normalized spacial score (nSPS) is 13.6. The molecule has 0 atom stereocenters. The van der Waals surface area contributed by atoms with Crippen LogP contribution in [0.3, 0.4) is 0 Å². The molecular formula is C16H10F6O2. The highest BCUT2D eigenvalue weighted by atomic mass is 19.4. The Morgan fingerprint density at radius 1 is 0.625 bits per heavy atom. The van der Waals surface area contributed by atoms with Crippen LogP contribution in [0.4, 0.5) is 26.3 Å². The monoisotopic (exact) mass is 348 g/mol. The lowest BCUT2D eigenvalue weighted by molar-refractivity contribution is -0.0828. The predicted octanol–water partition coefficient (Wildman–Crippen LogP) is 5.13. The van der Waals surface area contributed by atoms with E-state index in [2.05, 4.69) is 0 Å². The Balaban J connectivity index is 2.90. The van der Waals surface area contributed by atoms with E-state index < -0.39 is 46.1 Å². The van der Waals surface area contributed by atoms with Gasteiger partial charge in [0.2, 0.25) is 0 Å². The molecule has 2 aromatic carbocycles. The van der Waals surface area contributed by atoms with Gasteiger partial charge in [0.15, 0.2) is 0 Å². The summed E-state index contributed by atoms with van der Waals surface area (Å²) in [6.07, 6.45) is -10.7. The number of rotatable bonds is 2. The van der Waals surface area contributed by atoms with Crippen LogP contribution < -0.4 is 0 Å². The number of aromatic hydroxyl groups is 2. The van der Waals surface area contributed by atoms with Crippen LogP contribution in [-0.4, -0.2) is 22.6 Å². The molecule has 0 aliphatic heterocycles. The van der Waals surface area contributed by atoms with E-state index >= 15 is 0 Å². The molecule has 0 saturated heterocycles. The van der Waals surface area contributed by atoms with Crippen LogP contribution in [0.1, 0.15) is 11.1 Å². The van der Waals surface area contributed by atoms with Crippen molar-refractivity contribution in [3.63, 3.8) is 0 Å². The molecule has 0 aliphatic carbocycles. The van der Waals surface area contributed by atoms with Crippen molar-refractivity contribution in [3.05, 3.63) is 59.7 Å². The molecule has 0 heterocycles. The second-order valence-corrected chi connectivity index (χ2v) is 4.85. The molecule has 128 valence electrons. The zero-order valence-electron chi connectivity index (χ0n) is 11.8. The number of halogens is 6. The van der Waals surface area contributed by atoms with Crippen LogP contribution in [0.15, 0.2) is 48.5 Å². The van der Waals surface area contributed by atoms with Crippen molar-refractivity contribution in [1.82, 2.24) is 0 Å². The number of alkyl halides is 6. The van der Waals surface area contributed by atoms with Gasteiger partial charge in [0, 0.05) is 0 Å². The highest BCUT2D eigenvalue weighted by molar-refractivity contribution is 5.95. The lowest BCUT2D eigenvalue weighted by atomic mass is 9.93. The molecule has 0 saturated carbocycles. The minimum atomic E-state index is -5.34. The van der Waals surface area contributed by atoms with Crippen LogP contribution >= 0.6 is 0 Å². The Labute approximate surface area is 132 Å². The number of allylic oxidation sites excluding steroid dienone is 2. The van der Waals surface area contributed by atoms with E-state index in [-0.39, 0.29) is 0 Å². The van der Waals surface area contributed by atoms with Gasteiger partial charge in [0.05, 0.1) is 11.1 Å². The highest BCUT2D eigenvalue weighted by Gasteiger charge is 2.46. The average Bonchev–Trinajstić information content (AvgIpc) is 2.41. The van der Waals surface area contributed by atoms with Gasteiger partial charge in [-0.25, -0.2) is 0 Å². The zero-order valence-corrected chi connectivity index (χ0v) is 11.8. The van der Waals surface area contributed by atoms with Gasteiger partial charge in [0.25, 0.3) is 0 Å². The van der Waals surface area contributed by atoms with Gasteiger partial charge >= 0.3 is 12.4 Å². The predicted molar refractivity (Wildman–Crippen MR) is 75.1 cm³/mol. The topological polar surface area (TPSA) is 40.5 Å². The fourth-order valence-electron chi connectivity index (χ4n) is 2.22. The molecule has 0 radical (unpaired) electrons. The Morgan fingerprint density at radius 2 is 0.958 bits per heavy atom. The van der Waals surface area contributed by atoms with Crippen molar-refractivity contribution < 1.29 is 36.6 Å². The Morgan fingerprint density at radius 3 is 1.21 bits per heavy atom. The summed E-state index contributed by atoms with van der Waals surface area (Å²) in [5, 5.41) is 18.6. The maximum absolute atomic E-state index is 13.4. The Bertz CT molecular complexity index is 709. The van der Waals surface area contributed by atoms with Gasteiger partial charge < -0.3 is 10.2 Å². The third kappa shape index (κ3) is 3.81. The number of phenols is 2. The second-order valence-electron chi connectivity index (χ2n) is 4.85. The molecule has 0 aromatic heterocycles. The van der Waals surface area contributed by atoms with Crippen LogP contribution in [0.25, 0.3) is 11.1 Å².